The molecule has 0 aliphatic carbocycles. The number of nitro groups is 1. The number of H-pyrrole nitrogens is 1. The quantitative estimate of drug-likeness (QED) is 0.602. The second-order valence-electron chi connectivity index (χ2n) is 3.52. The third kappa shape index (κ3) is 2.17. The number of nitrogens with zero attached hydrogens (tertiary/aromatic N) is 2. The summed E-state index contributed by atoms with van der Waals surface area (Å²) in [7, 11) is 0. The molecule has 0 atom stereocenters. The predicted octanol–water partition coefficient (Wildman–Crippen LogP) is 0.715. The highest BCUT2D eigenvalue weighted by Gasteiger charge is 2.13. The van der Waals surface area contributed by atoms with Crippen LogP contribution in [0, 0.1) is 10.1 Å². The molecule has 17 heavy (non-hydrogen) atoms. The third-order valence-corrected chi connectivity index (χ3v) is 2.33. The lowest BCUT2D eigenvalue weighted by molar-refractivity contribution is -0.385. The van der Waals surface area contributed by atoms with Gasteiger partial charge in [0.1, 0.15) is 5.82 Å². The summed E-state index contributed by atoms with van der Waals surface area (Å²) in [5, 5.41) is 13.4. The van der Waals surface area contributed by atoms with Crippen molar-refractivity contribution >= 4 is 11.5 Å². The minimum atomic E-state index is -0.479. The summed E-state index contributed by atoms with van der Waals surface area (Å²) in [6, 6.07) is 7.48. The summed E-state index contributed by atoms with van der Waals surface area (Å²) in [6.07, 6.45) is 0. The van der Waals surface area contributed by atoms with Crippen molar-refractivity contribution < 1.29 is 4.92 Å². The normalized spacial score (nSPS) is 10.4. The number of anilines is 1. The molecule has 0 aliphatic heterocycles. The van der Waals surface area contributed by atoms with Gasteiger partial charge in [-0.15, -0.1) is 0 Å². The average Bonchev–Trinajstić information content (AvgIpc) is 2.58. The highest BCUT2D eigenvalue weighted by molar-refractivity contribution is 5.40. The van der Waals surface area contributed by atoms with E-state index in [1.807, 2.05) is 0 Å². The molecule has 0 radical (unpaired) electrons. The van der Waals surface area contributed by atoms with Gasteiger partial charge in [-0.3, -0.25) is 20.0 Å². The Hall–Kier alpha value is -2.57. The Kier molecular flexibility index (Phi) is 2.65. The summed E-state index contributed by atoms with van der Waals surface area (Å²) >= 11 is 0. The van der Waals surface area contributed by atoms with Gasteiger partial charge in [-0.2, -0.15) is 0 Å². The number of nitrogen functional groups attached to an aromatic ring is 1. The maximum absolute atomic E-state index is 11.4. The first-order valence-corrected chi connectivity index (χ1v) is 4.85. The SMILES string of the molecule is Nc1cc(=O)n(Cc2ccccc2[N+](=O)[O-])[nH]1. The fraction of sp³-hybridized carbons (Fsp3) is 0.100. The Bertz CT molecular complexity index is 614. The van der Waals surface area contributed by atoms with E-state index < -0.39 is 4.92 Å². The summed E-state index contributed by atoms with van der Waals surface area (Å²) in [5.41, 5.74) is 5.53. The molecule has 2 aromatic rings. The van der Waals surface area contributed by atoms with E-state index in [9.17, 15) is 14.9 Å². The van der Waals surface area contributed by atoms with Gasteiger partial charge in [0.15, 0.2) is 0 Å². The molecular formula is C10H10N4O3. The van der Waals surface area contributed by atoms with Crippen LogP contribution in [0.1, 0.15) is 5.56 Å². The molecule has 0 spiro atoms. The lowest BCUT2D eigenvalue weighted by Crippen LogP contribution is -2.17. The molecule has 7 nitrogen and oxygen atoms in total. The number of aromatic nitrogens is 2. The van der Waals surface area contributed by atoms with Gasteiger partial charge in [-0.25, -0.2) is 4.68 Å². The number of hydrogen-bond acceptors (Lipinski definition) is 4. The molecule has 0 saturated heterocycles. The first kappa shape index (κ1) is 10.9. The van der Waals surface area contributed by atoms with Crippen LogP contribution in [0.4, 0.5) is 11.5 Å². The third-order valence-electron chi connectivity index (χ3n) is 2.33. The van der Waals surface area contributed by atoms with Crippen LogP contribution in [0.3, 0.4) is 0 Å². The Morgan fingerprint density at radius 2 is 2.12 bits per heavy atom. The highest BCUT2D eigenvalue weighted by atomic mass is 16.6. The summed E-state index contributed by atoms with van der Waals surface area (Å²) in [4.78, 5) is 21.7. The molecule has 0 unspecified atom stereocenters. The van der Waals surface area contributed by atoms with Crippen molar-refractivity contribution in [2.75, 3.05) is 5.73 Å². The molecule has 1 aromatic heterocycles. The van der Waals surface area contributed by atoms with Crippen LogP contribution in [-0.4, -0.2) is 14.7 Å². The fourth-order valence-corrected chi connectivity index (χ4v) is 1.56. The molecular weight excluding hydrogens is 224 g/mol. The van der Waals surface area contributed by atoms with E-state index in [-0.39, 0.29) is 23.6 Å². The number of nitro benzene ring substituents is 1. The van der Waals surface area contributed by atoms with Gasteiger partial charge in [0.2, 0.25) is 0 Å². The second kappa shape index (κ2) is 4.12. The Labute approximate surface area is 95.6 Å². The smallest absolute Gasteiger partial charge is 0.274 e. The summed E-state index contributed by atoms with van der Waals surface area (Å²) < 4.78 is 1.22. The van der Waals surface area contributed by atoms with Crippen molar-refractivity contribution in [2.45, 2.75) is 6.54 Å². The Morgan fingerprint density at radius 1 is 1.41 bits per heavy atom. The molecule has 88 valence electrons. The van der Waals surface area contributed by atoms with Crippen molar-refractivity contribution in [3.8, 4) is 0 Å². The molecule has 1 aromatic carbocycles. The number of para-hydroxylation sites is 1. The van der Waals surface area contributed by atoms with Crippen LogP contribution in [-0.2, 0) is 6.54 Å². The lowest BCUT2D eigenvalue weighted by Gasteiger charge is -2.03. The number of rotatable bonds is 3. The van der Waals surface area contributed by atoms with E-state index in [4.69, 9.17) is 5.73 Å². The second-order valence-corrected chi connectivity index (χ2v) is 3.52. The van der Waals surface area contributed by atoms with Crippen LogP contribution in [0.25, 0.3) is 0 Å². The molecule has 0 amide bonds. The van der Waals surface area contributed by atoms with Crippen molar-refractivity contribution in [2.24, 2.45) is 0 Å². The average molecular weight is 234 g/mol. The topological polar surface area (TPSA) is 107 Å². The van der Waals surface area contributed by atoms with E-state index in [2.05, 4.69) is 5.10 Å². The van der Waals surface area contributed by atoms with Crippen molar-refractivity contribution in [3.63, 3.8) is 0 Å². The van der Waals surface area contributed by atoms with Gasteiger partial charge in [0.25, 0.3) is 11.2 Å². The van der Waals surface area contributed by atoms with Crippen LogP contribution in [0.5, 0.6) is 0 Å². The van der Waals surface area contributed by atoms with Gasteiger partial charge >= 0.3 is 0 Å². The van der Waals surface area contributed by atoms with Gasteiger partial charge in [-0.05, 0) is 0 Å². The molecule has 1 heterocycles. The fourth-order valence-electron chi connectivity index (χ4n) is 1.56. The van der Waals surface area contributed by atoms with Crippen LogP contribution in [0.15, 0.2) is 35.1 Å². The monoisotopic (exact) mass is 234 g/mol. The van der Waals surface area contributed by atoms with Crippen LogP contribution in [0.2, 0.25) is 0 Å². The first-order chi connectivity index (χ1) is 8.08. The minimum Gasteiger partial charge on any atom is -0.384 e. The first-order valence-electron chi connectivity index (χ1n) is 4.85. The standard InChI is InChI=1S/C10H10N4O3/c11-9-5-10(15)13(12-9)6-7-3-1-2-4-8(7)14(16)17/h1-5,12H,6,11H2. The van der Waals surface area contributed by atoms with Gasteiger partial charge in [-0.1, -0.05) is 18.2 Å². The number of nitrogens with two attached hydrogens (primary N) is 1. The molecule has 0 bridgehead atoms. The van der Waals surface area contributed by atoms with E-state index in [0.29, 0.717) is 5.56 Å². The number of nitrogens with one attached hydrogen (secondary N) is 1. The zero-order valence-electron chi connectivity index (χ0n) is 8.79. The molecule has 7 heteroatoms. The summed E-state index contributed by atoms with van der Waals surface area (Å²) in [5.74, 6) is 0.230. The maximum Gasteiger partial charge on any atom is 0.274 e. The maximum atomic E-state index is 11.4. The van der Waals surface area contributed by atoms with E-state index in [1.54, 1.807) is 18.2 Å². The molecule has 3 N–H and O–H groups in total. The highest BCUT2D eigenvalue weighted by Crippen LogP contribution is 2.17. The van der Waals surface area contributed by atoms with E-state index in [0.717, 1.165) is 0 Å². The lowest BCUT2D eigenvalue weighted by atomic mass is 10.2. The number of aromatic amines is 1. The van der Waals surface area contributed by atoms with Crippen molar-refractivity contribution in [3.05, 3.63) is 56.4 Å². The van der Waals surface area contributed by atoms with Crippen molar-refractivity contribution in [1.82, 2.24) is 9.78 Å². The van der Waals surface area contributed by atoms with Crippen LogP contribution >= 0.6 is 0 Å². The Morgan fingerprint density at radius 3 is 2.71 bits per heavy atom. The van der Waals surface area contributed by atoms with Gasteiger partial charge < -0.3 is 5.73 Å². The van der Waals surface area contributed by atoms with Crippen molar-refractivity contribution in [1.29, 1.82) is 0 Å². The van der Waals surface area contributed by atoms with Gasteiger partial charge in [0, 0.05) is 12.1 Å². The largest absolute Gasteiger partial charge is 0.384 e. The van der Waals surface area contributed by atoms with Crippen LogP contribution < -0.4 is 11.3 Å². The zero-order chi connectivity index (χ0) is 12.4. The van der Waals surface area contributed by atoms with E-state index >= 15 is 0 Å². The molecule has 0 saturated carbocycles. The molecule has 0 aliphatic rings. The Balaban J connectivity index is 2.39. The molecule has 0 fully saturated rings. The van der Waals surface area contributed by atoms with Gasteiger partial charge in [0.05, 0.1) is 17.0 Å². The number of benzene rings is 1. The predicted molar refractivity (Wildman–Crippen MR) is 61.7 cm³/mol. The number of hydrogen-bond donors (Lipinski definition) is 2. The zero-order valence-corrected chi connectivity index (χ0v) is 8.79. The molecule has 2 rings (SSSR count). The van der Waals surface area contributed by atoms with E-state index in [1.165, 1.54) is 16.8 Å². The summed E-state index contributed by atoms with van der Waals surface area (Å²) in [6.45, 7) is 0.0905. The minimum absolute atomic E-state index is 0.0208.